The highest BCUT2D eigenvalue weighted by atomic mass is 32.2. The van der Waals surface area contributed by atoms with Gasteiger partial charge in [-0.1, -0.05) is 12.1 Å². The number of ether oxygens (including phenoxy) is 1. The number of hydrogen-bond donors (Lipinski definition) is 1. The maximum absolute atomic E-state index is 12.4. The quantitative estimate of drug-likeness (QED) is 0.845. The molecule has 2 N–H and O–H groups in total. The Balaban J connectivity index is 2.26. The standard InChI is InChI=1S/C12H15N3O3S/c13-6-5-10-1-3-11(4-2-10)19(16,17)15-7-8-18-9-12(15)14/h1-4,12H,5,7-9,14H2. The molecule has 1 aliphatic heterocycles. The van der Waals surface area contributed by atoms with Gasteiger partial charge in [0, 0.05) is 6.54 Å². The van der Waals surface area contributed by atoms with Crippen LogP contribution in [0.4, 0.5) is 0 Å². The Morgan fingerprint density at radius 3 is 2.68 bits per heavy atom. The Morgan fingerprint density at radius 1 is 1.42 bits per heavy atom. The Bertz CT molecular complexity index is 577. The van der Waals surface area contributed by atoms with Gasteiger partial charge < -0.3 is 10.5 Å². The van der Waals surface area contributed by atoms with Crippen LogP contribution in [0, 0.1) is 11.3 Å². The van der Waals surface area contributed by atoms with E-state index >= 15 is 0 Å². The van der Waals surface area contributed by atoms with Crippen LogP contribution in [0.3, 0.4) is 0 Å². The zero-order valence-electron chi connectivity index (χ0n) is 10.3. The van der Waals surface area contributed by atoms with Gasteiger partial charge in [0.2, 0.25) is 10.0 Å². The van der Waals surface area contributed by atoms with Crippen molar-refractivity contribution in [3.8, 4) is 6.07 Å². The molecule has 1 heterocycles. The van der Waals surface area contributed by atoms with Gasteiger partial charge in [0.25, 0.3) is 0 Å². The third kappa shape index (κ3) is 2.93. The van der Waals surface area contributed by atoms with Crippen molar-refractivity contribution in [1.29, 1.82) is 5.26 Å². The fraction of sp³-hybridized carbons (Fsp3) is 0.417. The third-order valence-corrected chi connectivity index (χ3v) is 4.87. The average molecular weight is 281 g/mol. The number of nitrogens with two attached hydrogens (primary N) is 1. The van der Waals surface area contributed by atoms with Crippen molar-refractivity contribution in [3.05, 3.63) is 29.8 Å². The van der Waals surface area contributed by atoms with Gasteiger partial charge in [0.1, 0.15) is 0 Å². The molecule has 7 heteroatoms. The van der Waals surface area contributed by atoms with Gasteiger partial charge >= 0.3 is 0 Å². The van der Waals surface area contributed by atoms with Crippen LogP contribution in [0.25, 0.3) is 0 Å². The van der Waals surface area contributed by atoms with Crippen LogP contribution in [-0.2, 0) is 21.2 Å². The number of morpholine rings is 1. The highest BCUT2D eigenvalue weighted by Crippen LogP contribution is 2.19. The highest BCUT2D eigenvalue weighted by molar-refractivity contribution is 7.89. The molecule has 1 unspecified atom stereocenters. The smallest absolute Gasteiger partial charge is 0.244 e. The lowest BCUT2D eigenvalue weighted by Crippen LogP contribution is -2.53. The molecule has 102 valence electrons. The SMILES string of the molecule is N#CCc1ccc(S(=O)(=O)N2CCOCC2N)cc1. The lowest BCUT2D eigenvalue weighted by molar-refractivity contribution is 0.0350. The van der Waals surface area contributed by atoms with Crippen LogP contribution in [0.2, 0.25) is 0 Å². The third-order valence-electron chi connectivity index (χ3n) is 2.93. The number of rotatable bonds is 3. The lowest BCUT2D eigenvalue weighted by Gasteiger charge is -2.31. The maximum atomic E-state index is 12.4. The summed E-state index contributed by atoms with van der Waals surface area (Å²) in [4.78, 5) is 0.187. The van der Waals surface area contributed by atoms with Gasteiger partial charge in [0.15, 0.2) is 0 Å². The van der Waals surface area contributed by atoms with E-state index in [2.05, 4.69) is 0 Å². The van der Waals surface area contributed by atoms with E-state index in [0.717, 1.165) is 5.56 Å². The number of nitrogens with zero attached hydrogens (tertiary/aromatic N) is 2. The molecule has 2 rings (SSSR count). The van der Waals surface area contributed by atoms with Crippen LogP contribution < -0.4 is 5.73 Å². The van der Waals surface area contributed by atoms with E-state index in [1.165, 1.54) is 16.4 Å². The summed E-state index contributed by atoms with van der Waals surface area (Å²) in [5.74, 6) is 0. The second-order valence-electron chi connectivity index (χ2n) is 4.24. The van der Waals surface area contributed by atoms with Gasteiger partial charge in [-0.05, 0) is 17.7 Å². The van der Waals surface area contributed by atoms with E-state index in [1.807, 2.05) is 6.07 Å². The number of sulfonamides is 1. The van der Waals surface area contributed by atoms with Crippen molar-refractivity contribution in [1.82, 2.24) is 4.31 Å². The first-order valence-corrected chi connectivity index (χ1v) is 7.31. The van der Waals surface area contributed by atoms with E-state index in [0.29, 0.717) is 6.61 Å². The van der Waals surface area contributed by atoms with Crippen LogP contribution >= 0.6 is 0 Å². The van der Waals surface area contributed by atoms with Crippen molar-refractivity contribution in [3.63, 3.8) is 0 Å². The van der Waals surface area contributed by atoms with Crippen LogP contribution in [0.1, 0.15) is 5.56 Å². The molecule has 0 saturated carbocycles. The first kappa shape index (κ1) is 14.0. The molecule has 0 bridgehead atoms. The summed E-state index contributed by atoms with van der Waals surface area (Å²) < 4.78 is 31.2. The largest absolute Gasteiger partial charge is 0.377 e. The fourth-order valence-electron chi connectivity index (χ4n) is 1.91. The molecule has 0 aliphatic carbocycles. The number of benzene rings is 1. The molecule has 1 aliphatic rings. The molecule has 0 spiro atoms. The Hall–Kier alpha value is -1.46. The average Bonchev–Trinajstić information content (AvgIpc) is 2.40. The van der Waals surface area contributed by atoms with Crippen molar-refractivity contribution < 1.29 is 13.2 Å². The number of hydrogen-bond acceptors (Lipinski definition) is 5. The molecule has 1 atom stereocenters. The van der Waals surface area contributed by atoms with Crippen LogP contribution in [0.5, 0.6) is 0 Å². The fourth-order valence-corrected chi connectivity index (χ4v) is 3.39. The molecule has 1 aromatic rings. The van der Waals surface area contributed by atoms with E-state index in [9.17, 15) is 8.42 Å². The molecule has 0 radical (unpaired) electrons. The molecule has 19 heavy (non-hydrogen) atoms. The summed E-state index contributed by atoms with van der Waals surface area (Å²) in [5.41, 5.74) is 6.54. The monoisotopic (exact) mass is 281 g/mol. The van der Waals surface area contributed by atoms with Gasteiger partial charge in [0.05, 0.1) is 36.8 Å². The van der Waals surface area contributed by atoms with Crippen LogP contribution in [0.15, 0.2) is 29.2 Å². The first-order chi connectivity index (χ1) is 9.05. The highest BCUT2D eigenvalue weighted by Gasteiger charge is 2.31. The van der Waals surface area contributed by atoms with Crippen molar-refractivity contribution in [2.24, 2.45) is 5.73 Å². The van der Waals surface area contributed by atoms with Gasteiger partial charge in [-0.3, -0.25) is 0 Å². The Labute approximate surface area is 112 Å². The molecule has 6 nitrogen and oxygen atoms in total. The number of nitriles is 1. The summed E-state index contributed by atoms with van der Waals surface area (Å²) in [7, 11) is -3.60. The molecular weight excluding hydrogens is 266 g/mol. The predicted molar refractivity (Wildman–Crippen MR) is 68.4 cm³/mol. The van der Waals surface area contributed by atoms with E-state index < -0.39 is 16.2 Å². The summed E-state index contributed by atoms with van der Waals surface area (Å²) in [6.07, 6.45) is -0.394. The lowest BCUT2D eigenvalue weighted by atomic mass is 10.2. The van der Waals surface area contributed by atoms with Crippen molar-refractivity contribution in [2.45, 2.75) is 17.5 Å². The molecule has 0 amide bonds. The zero-order chi connectivity index (χ0) is 13.9. The van der Waals surface area contributed by atoms with E-state index in [-0.39, 0.29) is 24.5 Å². The van der Waals surface area contributed by atoms with Crippen molar-refractivity contribution in [2.75, 3.05) is 19.8 Å². The van der Waals surface area contributed by atoms with Gasteiger partial charge in [-0.25, -0.2) is 8.42 Å². The molecular formula is C12H15N3O3S. The van der Waals surface area contributed by atoms with Gasteiger partial charge in [-0.15, -0.1) is 0 Å². The second-order valence-corrected chi connectivity index (χ2v) is 6.13. The summed E-state index contributed by atoms with van der Waals surface area (Å²) >= 11 is 0. The second kappa shape index (κ2) is 5.67. The van der Waals surface area contributed by atoms with Crippen molar-refractivity contribution >= 4 is 10.0 Å². The maximum Gasteiger partial charge on any atom is 0.244 e. The summed E-state index contributed by atoms with van der Waals surface area (Å²) in [5, 5.41) is 8.58. The van der Waals surface area contributed by atoms with E-state index in [1.54, 1.807) is 12.1 Å². The normalized spacial score (nSPS) is 20.9. The summed E-state index contributed by atoms with van der Waals surface area (Å²) in [6.45, 7) is 0.800. The zero-order valence-corrected chi connectivity index (χ0v) is 11.1. The molecule has 1 aromatic carbocycles. The van der Waals surface area contributed by atoms with Crippen LogP contribution in [-0.4, -0.2) is 38.6 Å². The summed E-state index contributed by atoms with van der Waals surface area (Å²) in [6, 6.07) is 8.31. The Morgan fingerprint density at radius 2 is 2.11 bits per heavy atom. The minimum atomic E-state index is -3.60. The first-order valence-electron chi connectivity index (χ1n) is 5.87. The molecule has 1 fully saturated rings. The topological polar surface area (TPSA) is 96.4 Å². The minimum absolute atomic E-state index is 0.187. The van der Waals surface area contributed by atoms with Gasteiger partial charge in [-0.2, -0.15) is 9.57 Å². The Kier molecular flexibility index (Phi) is 4.17. The predicted octanol–water partition coefficient (Wildman–Crippen LogP) is 0.0584. The molecule has 0 aromatic heterocycles. The molecule has 1 saturated heterocycles. The van der Waals surface area contributed by atoms with E-state index in [4.69, 9.17) is 15.7 Å². The minimum Gasteiger partial charge on any atom is -0.377 e.